The standard InChI is InChI=1S/C27H26BClN2O2/c1-18-12-13-24(25-23(18)11-6-14-30-25)33-28(21-9-5-10-22(29)16-21)20-8-4-7-19(15-20)26-31-27(2,3)17-32-26/h4-16,26,31H,17H2,1-3H3. The smallest absolute Gasteiger partial charge is 0.426 e. The Labute approximate surface area is 200 Å². The van der Waals surface area contributed by atoms with Crippen molar-refractivity contribution in [2.75, 3.05) is 6.61 Å². The molecule has 1 atom stereocenters. The number of hydrogen-bond donors (Lipinski definition) is 1. The number of aryl methyl sites for hydroxylation is 1. The van der Waals surface area contributed by atoms with Crippen molar-refractivity contribution in [1.82, 2.24) is 10.3 Å². The highest BCUT2D eigenvalue weighted by molar-refractivity contribution is 6.80. The van der Waals surface area contributed by atoms with E-state index >= 15 is 0 Å². The lowest BCUT2D eigenvalue weighted by molar-refractivity contribution is 0.0990. The fraction of sp³-hybridized carbons (Fsp3) is 0.222. The van der Waals surface area contributed by atoms with Crippen LogP contribution in [-0.2, 0) is 4.74 Å². The van der Waals surface area contributed by atoms with Gasteiger partial charge in [-0.1, -0.05) is 60.1 Å². The first kappa shape index (κ1) is 22.0. The summed E-state index contributed by atoms with van der Waals surface area (Å²) >= 11 is 6.36. The molecule has 2 heterocycles. The summed E-state index contributed by atoms with van der Waals surface area (Å²) < 4.78 is 12.7. The molecule has 0 amide bonds. The predicted molar refractivity (Wildman–Crippen MR) is 136 cm³/mol. The summed E-state index contributed by atoms with van der Waals surface area (Å²) in [6, 6.07) is 24.3. The second-order valence-corrected chi connectivity index (χ2v) is 9.66. The first-order valence-corrected chi connectivity index (χ1v) is 11.5. The minimum atomic E-state index is -0.356. The minimum absolute atomic E-state index is 0.0595. The maximum Gasteiger partial charge on any atom is 0.426 e. The molecular formula is C27H26BClN2O2. The maximum absolute atomic E-state index is 6.69. The predicted octanol–water partition coefficient (Wildman–Crippen LogP) is 4.78. The van der Waals surface area contributed by atoms with E-state index in [1.54, 1.807) is 6.20 Å². The fourth-order valence-electron chi connectivity index (χ4n) is 4.30. The Balaban J connectivity index is 1.57. The zero-order chi connectivity index (χ0) is 23.0. The van der Waals surface area contributed by atoms with Crippen LogP contribution in [0, 0.1) is 6.92 Å². The van der Waals surface area contributed by atoms with Gasteiger partial charge in [-0.05, 0) is 67.1 Å². The molecule has 0 aliphatic carbocycles. The monoisotopic (exact) mass is 456 g/mol. The third-order valence-electron chi connectivity index (χ3n) is 6.00. The quantitative estimate of drug-likeness (QED) is 0.439. The highest BCUT2D eigenvalue weighted by atomic mass is 35.5. The lowest BCUT2D eigenvalue weighted by Crippen LogP contribution is -2.48. The van der Waals surface area contributed by atoms with Crippen molar-refractivity contribution in [2.45, 2.75) is 32.5 Å². The zero-order valence-corrected chi connectivity index (χ0v) is 19.8. The summed E-state index contributed by atoms with van der Waals surface area (Å²) in [7, 11) is 0. The van der Waals surface area contributed by atoms with Crippen LogP contribution in [0.1, 0.15) is 31.2 Å². The van der Waals surface area contributed by atoms with Crippen molar-refractivity contribution in [3.05, 3.63) is 95.1 Å². The summed E-state index contributed by atoms with van der Waals surface area (Å²) in [6.45, 7) is 6.68. The van der Waals surface area contributed by atoms with Gasteiger partial charge in [0.25, 0.3) is 0 Å². The van der Waals surface area contributed by atoms with Crippen LogP contribution in [0.3, 0.4) is 0 Å². The van der Waals surface area contributed by atoms with Crippen molar-refractivity contribution in [1.29, 1.82) is 0 Å². The molecule has 0 saturated carbocycles. The SMILES string of the molecule is Cc1ccc(OB(c2cccc(Cl)c2)c2cccc(C3NC(C)(C)CO3)c2)c2ncccc12. The van der Waals surface area contributed by atoms with Crippen LogP contribution in [0.25, 0.3) is 10.9 Å². The van der Waals surface area contributed by atoms with E-state index < -0.39 is 0 Å². The van der Waals surface area contributed by atoms with Crippen LogP contribution >= 0.6 is 11.6 Å². The number of halogens is 1. The summed E-state index contributed by atoms with van der Waals surface area (Å²) in [6.07, 6.45) is 1.65. The molecule has 1 aliphatic heterocycles. The Bertz CT molecular complexity index is 1310. The van der Waals surface area contributed by atoms with E-state index in [2.05, 4.69) is 61.4 Å². The average Bonchev–Trinajstić information content (AvgIpc) is 3.19. The number of nitrogens with one attached hydrogen (secondary N) is 1. The summed E-state index contributed by atoms with van der Waals surface area (Å²) in [5.74, 6) is 0.739. The Morgan fingerprint density at radius 1 is 1.03 bits per heavy atom. The number of fused-ring (bicyclic) bond motifs is 1. The van der Waals surface area contributed by atoms with Gasteiger partial charge in [0, 0.05) is 22.1 Å². The molecule has 4 nitrogen and oxygen atoms in total. The first-order chi connectivity index (χ1) is 15.9. The Hall–Kier alpha value is -2.86. The van der Waals surface area contributed by atoms with Gasteiger partial charge in [-0.25, -0.2) is 0 Å². The maximum atomic E-state index is 6.69. The molecule has 166 valence electrons. The van der Waals surface area contributed by atoms with Gasteiger partial charge in [-0.3, -0.25) is 10.3 Å². The molecule has 1 N–H and O–H groups in total. The summed E-state index contributed by atoms with van der Waals surface area (Å²) in [5.41, 5.74) is 5.03. The minimum Gasteiger partial charge on any atom is -0.550 e. The molecule has 33 heavy (non-hydrogen) atoms. The van der Waals surface area contributed by atoms with Gasteiger partial charge in [-0.2, -0.15) is 0 Å². The van der Waals surface area contributed by atoms with Gasteiger partial charge in [-0.15, -0.1) is 0 Å². The molecule has 1 aliphatic rings. The molecule has 6 heteroatoms. The van der Waals surface area contributed by atoms with Crippen molar-refractivity contribution < 1.29 is 9.39 Å². The van der Waals surface area contributed by atoms with Crippen molar-refractivity contribution >= 4 is 40.3 Å². The molecule has 1 unspecified atom stereocenters. The van der Waals surface area contributed by atoms with E-state index in [1.807, 2.05) is 42.5 Å². The molecular weight excluding hydrogens is 431 g/mol. The third kappa shape index (κ3) is 4.62. The van der Waals surface area contributed by atoms with Crippen molar-refractivity contribution in [3.63, 3.8) is 0 Å². The summed E-state index contributed by atoms with van der Waals surface area (Å²) in [4.78, 5) is 4.62. The van der Waals surface area contributed by atoms with Crippen LogP contribution in [0.5, 0.6) is 5.75 Å². The van der Waals surface area contributed by atoms with E-state index in [9.17, 15) is 0 Å². The van der Waals surface area contributed by atoms with E-state index in [1.165, 1.54) is 5.56 Å². The Morgan fingerprint density at radius 3 is 2.58 bits per heavy atom. The number of rotatable bonds is 5. The van der Waals surface area contributed by atoms with Crippen LogP contribution in [0.2, 0.25) is 5.02 Å². The van der Waals surface area contributed by atoms with Gasteiger partial charge >= 0.3 is 6.92 Å². The highest BCUT2D eigenvalue weighted by Gasteiger charge is 2.33. The van der Waals surface area contributed by atoms with Crippen molar-refractivity contribution in [3.8, 4) is 5.75 Å². The summed E-state index contributed by atoms with van der Waals surface area (Å²) in [5, 5.41) is 5.30. The van der Waals surface area contributed by atoms with Crippen LogP contribution in [0.4, 0.5) is 0 Å². The lowest BCUT2D eigenvalue weighted by Gasteiger charge is -2.21. The number of ether oxygens (including phenoxy) is 1. The molecule has 1 aromatic heterocycles. The van der Waals surface area contributed by atoms with Crippen LogP contribution in [-0.4, -0.2) is 24.0 Å². The molecule has 4 aromatic rings. The van der Waals surface area contributed by atoms with Gasteiger partial charge in [0.2, 0.25) is 0 Å². The Morgan fingerprint density at radius 2 is 1.82 bits per heavy atom. The second kappa shape index (κ2) is 8.83. The van der Waals surface area contributed by atoms with Gasteiger partial charge < -0.3 is 9.39 Å². The third-order valence-corrected chi connectivity index (χ3v) is 6.23. The molecule has 0 bridgehead atoms. The molecule has 0 spiro atoms. The molecule has 1 saturated heterocycles. The molecule has 3 aromatic carbocycles. The van der Waals surface area contributed by atoms with E-state index in [-0.39, 0.29) is 18.7 Å². The van der Waals surface area contributed by atoms with Crippen molar-refractivity contribution in [2.24, 2.45) is 0 Å². The van der Waals surface area contributed by atoms with Crippen LogP contribution in [0.15, 0.2) is 79.0 Å². The molecule has 0 radical (unpaired) electrons. The number of hydrogen-bond acceptors (Lipinski definition) is 4. The average molecular weight is 457 g/mol. The zero-order valence-electron chi connectivity index (χ0n) is 19.0. The van der Waals surface area contributed by atoms with Gasteiger partial charge in [0.05, 0.1) is 6.61 Å². The van der Waals surface area contributed by atoms with Gasteiger partial charge in [0.1, 0.15) is 17.5 Å². The van der Waals surface area contributed by atoms with E-state index in [4.69, 9.17) is 21.0 Å². The van der Waals surface area contributed by atoms with E-state index in [0.29, 0.717) is 11.6 Å². The Kier molecular flexibility index (Phi) is 5.87. The van der Waals surface area contributed by atoms with Gasteiger partial charge in [0.15, 0.2) is 0 Å². The normalized spacial score (nSPS) is 17.3. The van der Waals surface area contributed by atoms with E-state index in [0.717, 1.165) is 33.1 Å². The second-order valence-electron chi connectivity index (χ2n) is 9.22. The fourth-order valence-corrected chi connectivity index (χ4v) is 4.50. The largest absolute Gasteiger partial charge is 0.550 e. The molecule has 1 fully saturated rings. The topological polar surface area (TPSA) is 43.4 Å². The van der Waals surface area contributed by atoms with Crippen LogP contribution < -0.4 is 20.9 Å². The number of aromatic nitrogens is 1. The highest BCUT2D eigenvalue weighted by Crippen LogP contribution is 2.28. The first-order valence-electron chi connectivity index (χ1n) is 11.2. The molecule has 5 rings (SSSR count). The lowest BCUT2D eigenvalue weighted by atomic mass is 9.55. The number of nitrogens with zero attached hydrogens (tertiary/aromatic N) is 1. The number of pyridine rings is 1. The number of benzene rings is 3.